The summed E-state index contributed by atoms with van der Waals surface area (Å²) in [5, 5.41) is 2.08. The number of aromatic nitrogens is 1. The van der Waals surface area contributed by atoms with Gasteiger partial charge in [0.2, 0.25) is 0 Å². The number of rotatable bonds is 3. The van der Waals surface area contributed by atoms with Crippen LogP contribution in [0.4, 0.5) is 4.39 Å². The quantitative estimate of drug-likeness (QED) is 0.391. The maximum absolute atomic E-state index is 13.3. The van der Waals surface area contributed by atoms with Crippen molar-refractivity contribution in [1.82, 2.24) is 4.98 Å². The van der Waals surface area contributed by atoms with Crippen molar-refractivity contribution in [3.8, 4) is 33.4 Å². The van der Waals surface area contributed by atoms with E-state index in [1.54, 1.807) is 23.7 Å². The summed E-state index contributed by atoms with van der Waals surface area (Å²) < 4.78 is 13.3. The van der Waals surface area contributed by atoms with Crippen LogP contribution in [-0.2, 0) is 6.42 Å². The van der Waals surface area contributed by atoms with Gasteiger partial charge in [-0.3, -0.25) is 4.98 Å². The maximum Gasteiger partial charge on any atom is 0.123 e. The minimum absolute atomic E-state index is 0.233. The monoisotopic (exact) mass is 369 g/mol. The van der Waals surface area contributed by atoms with E-state index in [1.807, 2.05) is 42.5 Å². The predicted molar refractivity (Wildman–Crippen MR) is 110 cm³/mol. The first-order chi connectivity index (χ1) is 13.3. The summed E-state index contributed by atoms with van der Waals surface area (Å²) in [7, 11) is 0. The number of halogens is 1. The molecule has 0 amide bonds. The normalized spacial score (nSPS) is 10.3. The highest BCUT2D eigenvalue weighted by Gasteiger charge is 2.14. The third-order valence-electron chi connectivity index (χ3n) is 4.22. The van der Waals surface area contributed by atoms with E-state index in [1.165, 1.54) is 17.7 Å². The molecule has 0 aliphatic carbocycles. The van der Waals surface area contributed by atoms with Crippen LogP contribution in [0.3, 0.4) is 0 Å². The summed E-state index contributed by atoms with van der Waals surface area (Å²) in [4.78, 5) is 5.21. The largest absolute Gasteiger partial charge is 0.265 e. The molecule has 2 aromatic carbocycles. The van der Waals surface area contributed by atoms with Gasteiger partial charge in [-0.15, -0.1) is 11.3 Å². The summed E-state index contributed by atoms with van der Waals surface area (Å²) in [6, 6.07) is 20.8. The molecule has 0 saturated carbocycles. The van der Waals surface area contributed by atoms with E-state index in [-0.39, 0.29) is 5.82 Å². The van der Waals surface area contributed by atoms with Crippen LogP contribution in [0.25, 0.3) is 21.6 Å². The lowest BCUT2D eigenvalue weighted by atomic mass is 9.99. The van der Waals surface area contributed by atoms with E-state index < -0.39 is 0 Å². The Labute approximate surface area is 162 Å². The van der Waals surface area contributed by atoms with Crippen LogP contribution in [-0.4, -0.2) is 4.98 Å². The minimum Gasteiger partial charge on any atom is -0.265 e. The second kappa shape index (κ2) is 7.99. The first kappa shape index (κ1) is 17.2. The fourth-order valence-corrected chi connectivity index (χ4v) is 3.94. The van der Waals surface area contributed by atoms with Gasteiger partial charge in [0.1, 0.15) is 5.82 Å². The zero-order valence-corrected chi connectivity index (χ0v) is 15.3. The Kier molecular flexibility index (Phi) is 5.09. The Morgan fingerprint density at radius 3 is 2.33 bits per heavy atom. The van der Waals surface area contributed by atoms with Gasteiger partial charge in [0.05, 0.1) is 0 Å². The topological polar surface area (TPSA) is 12.9 Å². The molecule has 4 aromatic rings. The molecular weight excluding hydrogens is 353 g/mol. The number of benzene rings is 2. The average molecular weight is 369 g/mol. The number of hydrogen-bond acceptors (Lipinski definition) is 2. The minimum atomic E-state index is -0.233. The smallest absolute Gasteiger partial charge is 0.123 e. The van der Waals surface area contributed by atoms with E-state index >= 15 is 0 Å². The number of thiophene rings is 1. The first-order valence-electron chi connectivity index (χ1n) is 8.62. The fourth-order valence-electron chi connectivity index (χ4n) is 2.91. The van der Waals surface area contributed by atoms with E-state index in [0.717, 1.165) is 27.1 Å². The highest BCUT2D eigenvalue weighted by Crippen LogP contribution is 2.39. The van der Waals surface area contributed by atoms with Gasteiger partial charge in [-0.25, -0.2) is 4.39 Å². The third-order valence-corrected chi connectivity index (χ3v) is 5.25. The van der Waals surface area contributed by atoms with Crippen molar-refractivity contribution in [1.29, 1.82) is 0 Å². The molecule has 0 saturated heterocycles. The lowest BCUT2D eigenvalue weighted by molar-refractivity contribution is 0.628. The van der Waals surface area contributed by atoms with Crippen molar-refractivity contribution in [3.63, 3.8) is 0 Å². The van der Waals surface area contributed by atoms with Gasteiger partial charge in [-0.1, -0.05) is 54.3 Å². The summed E-state index contributed by atoms with van der Waals surface area (Å²) >= 11 is 1.63. The van der Waals surface area contributed by atoms with E-state index in [4.69, 9.17) is 0 Å². The Hall–Kier alpha value is -3.22. The van der Waals surface area contributed by atoms with Crippen molar-refractivity contribution in [2.45, 2.75) is 6.42 Å². The average Bonchev–Trinajstić information content (AvgIpc) is 3.14. The second-order valence-electron chi connectivity index (χ2n) is 6.06. The summed E-state index contributed by atoms with van der Waals surface area (Å²) in [5.41, 5.74) is 5.32. The van der Waals surface area contributed by atoms with Crippen LogP contribution in [0.5, 0.6) is 0 Å². The molecule has 0 aliphatic heterocycles. The van der Waals surface area contributed by atoms with Crippen LogP contribution >= 0.6 is 11.3 Å². The van der Waals surface area contributed by atoms with Crippen LogP contribution in [0, 0.1) is 17.7 Å². The second-order valence-corrected chi connectivity index (χ2v) is 6.94. The Morgan fingerprint density at radius 2 is 1.59 bits per heavy atom. The van der Waals surface area contributed by atoms with E-state index in [0.29, 0.717) is 6.42 Å². The lowest BCUT2D eigenvalue weighted by Crippen LogP contribution is -1.85. The molecule has 0 unspecified atom stereocenters. The predicted octanol–water partition coefficient (Wildman–Crippen LogP) is 6.21. The highest BCUT2D eigenvalue weighted by atomic mass is 32.1. The van der Waals surface area contributed by atoms with Crippen molar-refractivity contribution in [3.05, 3.63) is 101 Å². The molecule has 3 heteroatoms. The molecule has 2 heterocycles. The van der Waals surface area contributed by atoms with Crippen molar-refractivity contribution < 1.29 is 4.39 Å². The van der Waals surface area contributed by atoms with Gasteiger partial charge < -0.3 is 0 Å². The third kappa shape index (κ3) is 3.97. The van der Waals surface area contributed by atoms with E-state index in [2.05, 4.69) is 34.3 Å². The zero-order chi connectivity index (χ0) is 18.5. The van der Waals surface area contributed by atoms with Crippen molar-refractivity contribution >= 4 is 11.3 Å². The Bertz CT molecular complexity index is 1090. The zero-order valence-electron chi connectivity index (χ0n) is 14.5. The maximum atomic E-state index is 13.3. The molecule has 0 atom stereocenters. The molecule has 0 bridgehead atoms. The lowest BCUT2D eigenvalue weighted by Gasteiger charge is -2.06. The Balaban J connectivity index is 1.75. The van der Waals surface area contributed by atoms with Crippen molar-refractivity contribution in [2.24, 2.45) is 0 Å². The summed E-state index contributed by atoms with van der Waals surface area (Å²) in [5.74, 6) is 6.38. The molecule has 130 valence electrons. The SMILES string of the molecule is Fc1ccc(-c2scc(C#CCc3ccccc3)c2-c2ccncc2)cc1. The molecule has 0 aliphatic rings. The van der Waals surface area contributed by atoms with Gasteiger partial charge in [0, 0.05) is 40.2 Å². The van der Waals surface area contributed by atoms with Crippen LogP contribution in [0.15, 0.2) is 84.5 Å². The number of nitrogens with zero attached hydrogens (tertiary/aromatic N) is 1. The van der Waals surface area contributed by atoms with Crippen LogP contribution in [0.1, 0.15) is 11.1 Å². The Morgan fingerprint density at radius 1 is 0.852 bits per heavy atom. The van der Waals surface area contributed by atoms with Crippen LogP contribution < -0.4 is 0 Å². The molecule has 27 heavy (non-hydrogen) atoms. The van der Waals surface area contributed by atoms with Gasteiger partial charge in [-0.05, 0) is 41.0 Å². The molecule has 2 aromatic heterocycles. The highest BCUT2D eigenvalue weighted by molar-refractivity contribution is 7.14. The molecule has 0 radical (unpaired) electrons. The summed E-state index contributed by atoms with van der Waals surface area (Å²) in [6.45, 7) is 0. The molecular formula is C24H16FNS. The van der Waals surface area contributed by atoms with Crippen LogP contribution in [0.2, 0.25) is 0 Å². The van der Waals surface area contributed by atoms with Crippen molar-refractivity contribution in [2.75, 3.05) is 0 Å². The molecule has 0 fully saturated rings. The first-order valence-corrected chi connectivity index (χ1v) is 9.50. The standard InChI is InChI=1S/C24H16FNS/c25-22-11-9-20(10-12-22)24-23(19-13-15-26-16-14-19)21(17-27-24)8-4-7-18-5-2-1-3-6-18/h1-3,5-6,9-17H,7H2. The molecule has 1 nitrogen and oxygen atoms in total. The summed E-state index contributed by atoms with van der Waals surface area (Å²) in [6.07, 6.45) is 4.27. The number of hydrogen-bond donors (Lipinski definition) is 0. The number of pyridine rings is 1. The molecule has 0 N–H and O–H groups in total. The fraction of sp³-hybridized carbons (Fsp3) is 0.0417. The molecule has 4 rings (SSSR count). The van der Waals surface area contributed by atoms with Gasteiger partial charge >= 0.3 is 0 Å². The van der Waals surface area contributed by atoms with E-state index in [9.17, 15) is 4.39 Å². The van der Waals surface area contributed by atoms with Gasteiger partial charge in [-0.2, -0.15) is 0 Å². The van der Waals surface area contributed by atoms with Gasteiger partial charge in [0.15, 0.2) is 0 Å². The van der Waals surface area contributed by atoms with Gasteiger partial charge in [0.25, 0.3) is 0 Å². The molecule has 0 spiro atoms.